The molecule has 0 aliphatic heterocycles. The maximum absolute atomic E-state index is 11.9. The van der Waals surface area contributed by atoms with Crippen molar-refractivity contribution >= 4 is 22.1 Å². The van der Waals surface area contributed by atoms with Crippen molar-refractivity contribution in [3.05, 3.63) is 47.8 Å². The Kier molecular flexibility index (Phi) is 5.57. The molecular weight excluding hydrogens is 348 g/mol. The maximum atomic E-state index is 11.9. The van der Waals surface area contributed by atoms with E-state index >= 15 is 0 Å². The van der Waals surface area contributed by atoms with Crippen molar-refractivity contribution in [2.45, 2.75) is 0 Å². The Labute approximate surface area is 144 Å². The fourth-order valence-electron chi connectivity index (χ4n) is 2.27. The molecule has 1 amide bonds. The van der Waals surface area contributed by atoms with Gasteiger partial charge in [-0.2, -0.15) is 8.42 Å². The van der Waals surface area contributed by atoms with Crippen LogP contribution in [-0.2, 0) is 10.2 Å². The zero-order valence-electron chi connectivity index (χ0n) is 13.4. The van der Waals surface area contributed by atoms with Gasteiger partial charge in [0.1, 0.15) is 0 Å². The number of benzene rings is 1. The van der Waals surface area contributed by atoms with E-state index in [1.165, 1.54) is 18.2 Å². The van der Waals surface area contributed by atoms with Crippen molar-refractivity contribution in [3.63, 3.8) is 0 Å². The number of nitrogens with zero attached hydrogens (tertiary/aromatic N) is 1. The fraction of sp³-hybridized carbons (Fsp3) is 0.200. The van der Waals surface area contributed by atoms with E-state index in [1.807, 2.05) is 0 Å². The Hall–Kier alpha value is -2.69. The first-order chi connectivity index (χ1) is 11.8. The van der Waals surface area contributed by atoms with Gasteiger partial charge in [0.2, 0.25) is 0 Å². The molecule has 0 fully saturated rings. The highest BCUT2D eigenvalue weighted by atomic mass is 32.2. The predicted molar refractivity (Wildman–Crippen MR) is 91.6 cm³/mol. The van der Waals surface area contributed by atoms with Crippen LogP contribution in [0.2, 0.25) is 0 Å². The molecule has 0 bridgehead atoms. The first kappa shape index (κ1) is 18.6. The SMILES string of the molecule is CNCCNC(=O)c1ccc(-c2ccn(S(N)(=O)=O)c2C(=O)O)cc1. The van der Waals surface area contributed by atoms with Crippen LogP contribution >= 0.6 is 0 Å². The number of hydrogen-bond acceptors (Lipinski definition) is 5. The lowest BCUT2D eigenvalue weighted by atomic mass is 10.0. The molecule has 0 radical (unpaired) electrons. The summed E-state index contributed by atoms with van der Waals surface area (Å²) in [6.45, 7) is 1.10. The summed E-state index contributed by atoms with van der Waals surface area (Å²) in [6, 6.07) is 7.49. The van der Waals surface area contributed by atoms with Crippen molar-refractivity contribution in [1.82, 2.24) is 14.6 Å². The molecule has 0 atom stereocenters. The zero-order valence-corrected chi connectivity index (χ0v) is 14.2. The Bertz CT molecular complexity index is 887. The normalized spacial score (nSPS) is 11.3. The Balaban J connectivity index is 2.33. The third kappa shape index (κ3) is 4.24. The average molecular weight is 366 g/mol. The number of rotatable bonds is 7. The predicted octanol–water partition coefficient (Wildman–Crippen LogP) is -0.146. The van der Waals surface area contributed by atoms with Gasteiger partial charge in [-0.1, -0.05) is 12.1 Å². The van der Waals surface area contributed by atoms with Crippen LogP contribution in [0, 0.1) is 0 Å². The number of amides is 1. The maximum Gasteiger partial charge on any atom is 0.354 e. The van der Waals surface area contributed by atoms with E-state index in [-0.39, 0.29) is 11.5 Å². The van der Waals surface area contributed by atoms with Gasteiger partial charge in [0.15, 0.2) is 5.69 Å². The van der Waals surface area contributed by atoms with Crippen LogP contribution in [-0.4, -0.2) is 49.5 Å². The molecular formula is C15H18N4O5S. The number of aromatic carboxylic acids is 1. The van der Waals surface area contributed by atoms with Gasteiger partial charge in [-0.25, -0.2) is 13.9 Å². The van der Waals surface area contributed by atoms with Gasteiger partial charge in [0, 0.05) is 30.4 Å². The minimum atomic E-state index is -4.23. The van der Waals surface area contributed by atoms with Gasteiger partial charge in [0.25, 0.3) is 5.91 Å². The van der Waals surface area contributed by atoms with E-state index in [2.05, 4.69) is 10.6 Å². The highest BCUT2D eigenvalue weighted by Crippen LogP contribution is 2.26. The number of carboxylic acids is 1. The van der Waals surface area contributed by atoms with Crippen LogP contribution in [0.3, 0.4) is 0 Å². The monoisotopic (exact) mass is 366 g/mol. The molecule has 1 aromatic heterocycles. The van der Waals surface area contributed by atoms with E-state index in [9.17, 15) is 23.1 Å². The van der Waals surface area contributed by atoms with Gasteiger partial charge >= 0.3 is 16.2 Å². The van der Waals surface area contributed by atoms with Crippen LogP contribution in [0.15, 0.2) is 36.5 Å². The first-order valence-electron chi connectivity index (χ1n) is 7.27. The lowest BCUT2D eigenvalue weighted by Crippen LogP contribution is -2.30. The number of likely N-dealkylation sites (N-methyl/N-ethyl adjacent to an activating group) is 1. The minimum absolute atomic E-state index is 0.184. The summed E-state index contributed by atoms with van der Waals surface area (Å²) < 4.78 is 23.5. The molecule has 1 aromatic carbocycles. The Morgan fingerprint density at radius 2 is 1.80 bits per heavy atom. The third-order valence-electron chi connectivity index (χ3n) is 3.45. The van der Waals surface area contributed by atoms with Crippen molar-refractivity contribution in [1.29, 1.82) is 0 Å². The summed E-state index contributed by atoms with van der Waals surface area (Å²) in [6.07, 6.45) is 1.08. The smallest absolute Gasteiger partial charge is 0.354 e. The number of carboxylic acid groups (broad SMARTS) is 1. The van der Waals surface area contributed by atoms with Gasteiger partial charge in [0.05, 0.1) is 0 Å². The quantitative estimate of drug-likeness (QED) is 0.502. The minimum Gasteiger partial charge on any atom is -0.477 e. The lowest BCUT2D eigenvalue weighted by molar-refractivity contribution is 0.0690. The molecule has 0 saturated heterocycles. The number of carbonyl (C=O) groups excluding carboxylic acids is 1. The van der Waals surface area contributed by atoms with Crippen molar-refractivity contribution < 1.29 is 23.1 Å². The zero-order chi connectivity index (χ0) is 18.6. The van der Waals surface area contributed by atoms with Gasteiger partial charge < -0.3 is 15.7 Å². The van der Waals surface area contributed by atoms with Crippen LogP contribution in [0.4, 0.5) is 0 Å². The second kappa shape index (κ2) is 7.47. The summed E-state index contributed by atoms with van der Waals surface area (Å²) in [5.41, 5.74) is 0.576. The molecule has 0 spiro atoms. The highest BCUT2D eigenvalue weighted by molar-refractivity contribution is 7.87. The summed E-state index contributed by atoms with van der Waals surface area (Å²) in [7, 11) is -2.46. The standard InChI is InChI=1S/C15H18N4O5S/c1-17-7-8-18-14(20)11-4-2-10(3-5-11)12-6-9-19(25(16,23)24)13(12)15(21)22/h2-6,9,17H,7-8H2,1H3,(H,18,20)(H,21,22)(H2,16,23,24). The van der Waals surface area contributed by atoms with Crippen LogP contribution in [0.25, 0.3) is 11.1 Å². The van der Waals surface area contributed by atoms with E-state index in [0.717, 1.165) is 6.20 Å². The summed E-state index contributed by atoms with van der Waals surface area (Å²) in [5, 5.41) is 20.0. The highest BCUT2D eigenvalue weighted by Gasteiger charge is 2.22. The molecule has 0 saturated carbocycles. The molecule has 0 aliphatic carbocycles. The van der Waals surface area contributed by atoms with Crippen molar-refractivity contribution in [2.75, 3.05) is 20.1 Å². The van der Waals surface area contributed by atoms with E-state index in [0.29, 0.717) is 28.2 Å². The molecule has 0 unspecified atom stereocenters. The van der Waals surface area contributed by atoms with Gasteiger partial charge in [-0.05, 0) is 30.8 Å². The number of nitrogens with two attached hydrogens (primary N) is 1. The molecule has 2 aromatic rings. The van der Waals surface area contributed by atoms with Gasteiger partial charge in [-0.3, -0.25) is 4.79 Å². The topological polar surface area (TPSA) is 144 Å². The average Bonchev–Trinajstić information content (AvgIpc) is 3.00. The van der Waals surface area contributed by atoms with E-state index in [4.69, 9.17) is 5.14 Å². The van der Waals surface area contributed by atoms with E-state index in [1.54, 1.807) is 19.2 Å². The first-order valence-corrected chi connectivity index (χ1v) is 8.77. The van der Waals surface area contributed by atoms with Crippen molar-refractivity contribution in [3.8, 4) is 11.1 Å². The molecule has 134 valence electrons. The molecule has 5 N–H and O–H groups in total. The number of hydrogen-bond donors (Lipinski definition) is 4. The van der Waals surface area contributed by atoms with Crippen LogP contribution in [0.5, 0.6) is 0 Å². The largest absolute Gasteiger partial charge is 0.477 e. The third-order valence-corrected chi connectivity index (χ3v) is 4.30. The Morgan fingerprint density at radius 1 is 1.16 bits per heavy atom. The summed E-state index contributed by atoms with van der Waals surface area (Å²) >= 11 is 0. The van der Waals surface area contributed by atoms with Gasteiger partial charge in [-0.15, -0.1) is 0 Å². The van der Waals surface area contributed by atoms with Crippen LogP contribution < -0.4 is 15.8 Å². The van der Waals surface area contributed by atoms with Crippen LogP contribution in [0.1, 0.15) is 20.8 Å². The molecule has 25 heavy (non-hydrogen) atoms. The number of nitrogens with one attached hydrogen (secondary N) is 2. The summed E-state index contributed by atoms with van der Waals surface area (Å²) in [4.78, 5) is 23.4. The molecule has 9 nitrogen and oxygen atoms in total. The molecule has 1 heterocycles. The lowest BCUT2D eigenvalue weighted by Gasteiger charge is -2.07. The summed E-state index contributed by atoms with van der Waals surface area (Å²) in [5.74, 6) is -1.69. The number of aromatic nitrogens is 1. The number of carbonyl (C=O) groups is 2. The molecule has 10 heteroatoms. The van der Waals surface area contributed by atoms with E-state index < -0.39 is 21.9 Å². The second-order valence-corrected chi connectivity index (χ2v) is 6.58. The Morgan fingerprint density at radius 3 is 2.32 bits per heavy atom. The van der Waals surface area contributed by atoms with Crippen molar-refractivity contribution in [2.24, 2.45) is 5.14 Å². The second-order valence-electron chi connectivity index (χ2n) is 5.16. The molecule has 2 rings (SSSR count). The fourth-order valence-corrected chi connectivity index (χ4v) is 2.93. The molecule has 0 aliphatic rings.